The van der Waals surface area contributed by atoms with Crippen molar-refractivity contribution in [3.05, 3.63) is 59.7 Å². The molecule has 2 aromatic rings. The summed E-state index contributed by atoms with van der Waals surface area (Å²) in [5.41, 5.74) is 0.856. The molecular formula is C15H14F2O3. The molecule has 1 N–H and O–H groups in total. The van der Waals surface area contributed by atoms with Gasteiger partial charge in [-0.3, -0.25) is 0 Å². The van der Waals surface area contributed by atoms with Gasteiger partial charge in [0.2, 0.25) is 0 Å². The Bertz CT molecular complexity index is 555. The van der Waals surface area contributed by atoms with Crippen LogP contribution in [0.1, 0.15) is 17.2 Å². The van der Waals surface area contributed by atoms with Crippen molar-refractivity contribution in [3.8, 4) is 11.5 Å². The van der Waals surface area contributed by atoms with Crippen LogP contribution < -0.4 is 9.47 Å². The fraction of sp³-hybridized carbons (Fsp3) is 0.200. The fourth-order valence-electron chi connectivity index (χ4n) is 1.88. The van der Waals surface area contributed by atoms with Crippen LogP contribution in [0, 0.1) is 0 Å². The van der Waals surface area contributed by atoms with Crippen LogP contribution in [-0.2, 0) is 0 Å². The number of methoxy groups -OCH3 is 1. The van der Waals surface area contributed by atoms with E-state index >= 15 is 0 Å². The molecule has 0 spiro atoms. The Kier molecular flexibility index (Phi) is 4.53. The second kappa shape index (κ2) is 6.34. The molecule has 0 aliphatic carbocycles. The molecule has 0 amide bonds. The van der Waals surface area contributed by atoms with Gasteiger partial charge in [0, 0.05) is 5.56 Å². The number of rotatable bonds is 5. The molecule has 1 unspecified atom stereocenters. The van der Waals surface area contributed by atoms with E-state index in [0.717, 1.165) is 0 Å². The Balaban J connectivity index is 2.29. The molecule has 0 aliphatic rings. The quantitative estimate of drug-likeness (QED) is 0.912. The highest BCUT2D eigenvalue weighted by Crippen LogP contribution is 2.31. The smallest absolute Gasteiger partial charge is 0.387 e. The van der Waals surface area contributed by atoms with Gasteiger partial charge in [-0.25, -0.2) is 0 Å². The van der Waals surface area contributed by atoms with E-state index in [1.807, 2.05) is 0 Å². The Hall–Kier alpha value is -2.14. The molecule has 0 bridgehead atoms. The minimum atomic E-state index is -2.93. The highest BCUT2D eigenvalue weighted by Gasteiger charge is 2.17. The summed E-state index contributed by atoms with van der Waals surface area (Å²) in [6, 6.07) is 12.9. The first-order chi connectivity index (χ1) is 9.61. The van der Waals surface area contributed by atoms with E-state index in [1.165, 1.54) is 13.2 Å². The topological polar surface area (TPSA) is 38.7 Å². The van der Waals surface area contributed by atoms with Crippen LogP contribution in [0.3, 0.4) is 0 Å². The summed E-state index contributed by atoms with van der Waals surface area (Å²) in [6.45, 7) is -2.93. The number of ether oxygens (including phenoxy) is 2. The van der Waals surface area contributed by atoms with E-state index in [-0.39, 0.29) is 11.3 Å². The first-order valence-corrected chi connectivity index (χ1v) is 5.97. The predicted octanol–water partition coefficient (Wildman–Crippen LogP) is 3.38. The normalized spacial score (nSPS) is 12.2. The number of benzene rings is 2. The highest BCUT2D eigenvalue weighted by atomic mass is 19.3. The van der Waals surface area contributed by atoms with Crippen molar-refractivity contribution in [1.29, 1.82) is 0 Å². The predicted molar refractivity (Wildman–Crippen MR) is 70.1 cm³/mol. The van der Waals surface area contributed by atoms with Gasteiger partial charge in [-0.15, -0.1) is 0 Å². The van der Waals surface area contributed by atoms with Crippen LogP contribution in [0.2, 0.25) is 0 Å². The van der Waals surface area contributed by atoms with Crippen LogP contribution in [0.25, 0.3) is 0 Å². The molecule has 2 aromatic carbocycles. The summed E-state index contributed by atoms with van der Waals surface area (Å²) in [5.74, 6) is 0.615. The standard InChI is InChI=1S/C15H14F2O3/c1-19-11-8-6-10(7-9-11)14(18)12-4-2-3-5-13(12)20-15(16)17/h2-9,14-15,18H,1H3. The maximum absolute atomic E-state index is 12.3. The lowest BCUT2D eigenvalue weighted by molar-refractivity contribution is -0.0512. The van der Waals surface area contributed by atoms with E-state index in [2.05, 4.69) is 4.74 Å². The zero-order chi connectivity index (χ0) is 14.5. The number of hydrogen-bond donors (Lipinski definition) is 1. The summed E-state index contributed by atoms with van der Waals surface area (Å²) in [5, 5.41) is 10.3. The van der Waals surface area contributed by atoms with Gasteiger partial charge in [-0.2, -0.15) is 8.78 Å². The first-order valence-electron chi connectivity index (χ1n) is 5.97. The molecule has 0 aromatic heterocycles. The molecule has 3 nitrogen and oxygen atoms in total. The maximum Gasteiger partial charge on any atom is 0.387 e. The lowest BCUT2D eigenvalue weighted by Gasteiger charge is -2.16. The van der Waals surface area contributed by atoms with E-state index in [1.54, 1.807) is 42.5 Å². The highest BCUT2D eigenvalue weighted by molar-refractivity contribution is 5.41. The third-order valence-electron chi connectivity index (χ3n) is 2.86. The Morgan fingerprint density at radius 3 is 2.25 bits per heavy atom. The Morgan fingerprint density at radius 2 is 1.65 bits per heavy atom. The van der Waals surface area contributed by atoms with Crippen LogP contribution in [0.4, 0.5) is 8.78 Å². The van der Waals surface area contributed by atoms with Gasteiger partial charge in [0.15, 0.2) is 0 Å². The van der Waals surface area contributed by atoms with Crippen molar-refractivity contribution in [2.24, 2.45) is 0 Å². The van der Waals surface area contributed by atoms with Crippen LogP contribution >= 0.6 is 0 Å². The molecular weight excluding hydrogens is 266 g/mol. The van der Waals surface area contributed by atoms with Gasteiger partial charge in [-0.05, 0) is 23.8 Å². The number of halogens is 2. The average molecular weight is 280 g/mol. The number of alkyl halides is 2. The summed E-state index contributed by atoms with van der Waals surface area (Å²) in [4.78, 5) is 0. The summed E-state index contributed by atoms with van der Waals surface area (Å²) >= 11 is 0. The summed E-state index contributed by atoms with van der Waals surface area (Å²) < 4.78 is 34.1. The van der Waals surface area contributed by atoms with Gasteiger partial charge < -0.3 is 14.6 Å². The van der Waals surface area contributed by atoms with Crippen LogP contribution in [0.15, 0.2) is 48.5 Å². The summed E-state index contributed by atoms with van der Waals surface area (Å²) in [7, 11) is 1.54. The van der Waals surface area contributed by atoms with Gasteiger partial charge in [-0.1, -0.05) is 30.3 Å². The van der Waals surface area contributed by atoms with Crippen molar-refractivity contribution < 1.29 is 23.4 Å². The van der Waals surface area contributed by atoms with E-state index < -0.39 is 12.7 Å². The van der Waals surface area contributed by atoms with Crippen molar-refractivity contribution in [1.82, 2.24) is 0 Å². The first kappa shape index (κ1) is 14.3. The molecule has 106 valence electrons. The third-order valence-corrected chi connectivity index (χ3v) is 2.86. The van der Waals surface area contributed by atoms with Crippen LogP contribution in [0.5, 0.6) is 11.5 Å². The SMILES string of the molecule is COc1ccc(C(O)c2ccccc2OC(F)F)cc1. The molecule has 0 saturated carbocycles. The zero-order valence-electron chi connectivity index (χ0n) is 10.8. The average Bonchev–Trinajstić information content (AvgIpc) is 2.46. The van der Waals surface area contributed by atoms with Crippen molar-refractivity contribution >= 4 is 0 Å². The zero-order valence-corrected chi connectivity index (χ0v) is 10.8. The molecule has 0 heterocycles. The van der Waals surface area contributed by atoms with Crippen molar-refractivity contribution in [3.63, 3.8) is 0 Å². The Morgan fingerprint density at radius 1 is 1.00 bits per heavy atom. The van der Waals surface area contributed by atoms with Gasteiger partial charge >= 0.3 is 6.61 Å². The van der Waals surface area contributed by atoms with Crippen molar-refractivity contribution in [2.45, 2.75) is 12.7 Å². The second-order valence-corrected chi connectivity index (χ2v) is 4.09. The van der Waals surface area contributed by atoms with E-state index in [0.29, 0.717) is 11.3 Å². The third kappa shape index (κ3) is 3.24. The number of aliphatic hydroxyl groups excluding tert-OH is 1. The molecule has 1 atom stereocenters. The van der Waals surface area contributed by atoms with Gasteiger partial charge in [0.1, 0.15) is 17.6 Å². The maximum atomic E-state index is 12.3. The lowest BCUT2D eigenvalue weighted by Crippen LogP contribution is -2.07. The molecule has 0 aliphatic heterocycles. The molecule has 20 heavy (non-hydrogen) atoms. The molecule has 5 heteroatoms. The number of para-hydroxylation sites is 1. The minimum absolute atomic E-state index is 0.0363. The second-order valence-electron chi connectivity index (χ2n) is 4.09. The number of aliphatic hydroxyl groups is 1. The molecule has 0 radical (unpaired) electrons. The monoisotopic (exact) mass is 280 g/mol. The molecule has 0 saturated heterocycles. The largest absolute Gasteiger partial charge is 0.497 e. The van der Waals surface area contributed by atoms with E-state index in [4.69, 9.17) is 4.74 Å². The van der Waals surface area contributed by atoms with Crippen molar-refractivity contribution in [2.75, 3.05) is 7.11 Å². The molecule has 2 rings (SSSR count). The van der Waals surface area contributed by atoms with Gasteiger partial charge in [0.05, 0.1) is 7.11 Å². The summed E-state index contributed by atoms with van der Waals surface area (Å²) in [6.07, 6.45) is -1.05. The molecule has 0 fully saturated rings. The van der Waals surface area contributed by atoms with Crippen LogP contribution in [-0.4, -0.2) is 18.8 Å². The Labute approximate surface area is 115 Å². The minimum Gasteiger partial charge on any atom is -0.497 e. The fourth-order valence-corrected chi connectivity index (χ4v) is 1.88. The number of hydrogen-bond acceptors (Lipinski definition) is 3. The van der Waals surface area contributed by atoms with Gasteiger partial charge in [0.25, 0.3) is 0 Å². The lowest BCUT2D eigenvalue weighted by atomic mass is 10.0. The van der Waals surface area contributed by atoms with E-state index in [9.17, 15) is 13.9 Å².